The third-order valence-corrected chi connectivity index (χ3v) is 4.78. The van der Waals surface area contributed by atoms with Gasteiger partial charge in [-0.1, -0.05) is 78.9 Å². The maximum atomic E-state index is 5.38. The van der Waals surface area contributed by atoms with E-state index in [2.05, 4.69) is 69.9 Å². The Balaban J connectivity index is 1.63. The molecule has 138 valence electrons. The average molecular weight is 385 g/mol. The molecule has 4 aromatic rings. The summed E-state index contributed by atoms with van der Waals surface area (Å²) in [5.74, 6) is 0.783. The number of fused-ring (bicyclic) bond motifs is 1. The van der Waals surface area contributed by atoms with Gasteiger partial charge in [-0.3, -0.25) is 5.10 Å². The fourth-order valence-electron chi connectivity index (χ4n) is 3.17. The van der Waals surface area contributed by atoms with Crippen LogP contribution in [0.3, 0.4) is 0 Å². The summed E-state index contributed by atoms with van der Waals surface area (Å²) >= 11 is 5.38. The molecule has 0 saturated heterocycles. The second kappa shape index (κ2) is 8.15. The second-order valence-electron chi connectivity index (χ2n) is 6.62. The van der Waals surface area contributed by atoms with Gasteiger partial charge in [-0.25, -0.2) is 0 Å². The molecule has 1 N–H and O–H groups in total. The van der Waals surface area contributed by atoms with E-state index in [1.165, 1.54) is 16.3 Å². The quantitative estimate of drug-likeness (QED) is 0.358. The lowest BCUT2D eigenvalue weighted by Crippen LogP contribution is -2.01. The molecule has 0 atom stereocenters. The predicted octanol–water partition coefficient (Wildman–Crippen LogP) is 5.62. The fourth-order valence-corrected chi connectivity index (χ4v) is 3.37. The first-order valence-electron chi connectivity index (χ1n) is 9.11. The van der Waals surface area contributed by atoms with E-state index in [0.29, 0.717) is 11.2 Å². The van der Waals surface area contributed by atoms with Gasteiger partial charge >= 0.3 is 0 Å². The number of hydrogen-bond donors (Lipinski definition) is 1. The summed E-state index contributed by atoms with van der Waals surface area (Å²) in [5.41, 5.74) is 3.36. The molecule has 0 fully saturated rings. The molecule has 1 aromatic heterocycles. The Kier molecular flexibility index (Phi) is 5.26. The lowest BCUT2D eigenvalue weighted by molar-refractivity contribution is 0.793. The van der Waals surface area contributed by atoms with Crippen molar-refractivity contribution in [3.05, 3.63) is 100 Å². The molecule has 1 heterocycles. The number of nitrogens with zero attached hydrogens (tertiary/aromatic N) is 3. The normalized spacial score (nSPS) is 12.1. The van der Waals surface area contributed by atoms with Gasteiger partial charge in [0.2, 0.25) is 4.77 Å². The Morgan fingerprint density at radius 1 is 1.04 bits per heavy atom. The summed E-state index contributed by atoms with van der Waals surface area (Å²) in [7, 11) is 0. The van der Waals surface area contributed by atoms with Crippen LogP contribution in [-0.4, -0.2) is 21.1 Å². The van der Waals surface area contributed by atoms with E-state index in [-0.39, 0.29) is 0 Å². The highest BCUT2D eigenvalue weighted by Gasteiger charge is 2.08. The smallest absolute Gasteiger partial charge is 0.216 e. The molecule has 28 heavy (non-hydrogen) atoms. The van der Waals surface area contributed by atoms with Crippen molar-refractivity contribution in [3.63, 3.8) is 0 Å². The Morgan fingerprint density at radius 3 is 2.64 bits per heavy atom. The predicted molar refractivity (Wildman–Crippen MR) is 118 cm³/mol. The standard InChI is InChI=1S/C23H20N4S/c1-17(14-18-8-3-2-4-9-18)16-24-27-22(25-26-23(27)28)15-20-12-7-11-19-10-5-6-13-21(19)20/h2-14,16H,15H2,1H3,(H,26,28)/b17-14+,24-16-. The van der Waals surface area contributed by atoms with E-state index < -0.39 is 0 Å². The maximum absolute atomic E-state index is 5.38. The van der Waals surface area contributed by atoms with Crippen LogP contribution in [-0.2, 0) is 6.42 Å². The lowest BCUT2D eigenvalue weighted by Gasteiger charge is -2.06. The highest BCUT2D eigenvalue weighted by molar-refractivity contribution is 7.71. The first-order valence-corrected chi connectivity index (χ1v) is 9.52. The third kappa shape index (κ3) is 4.00. The zero-order valence-corrected chi connectivity index (χ0v) is 16.4. The van der Waals surface area contributed by atoms with Crippen molar-refractivity contribution in [1.29, 1.82) is 0 Å². The molecule has 4 nitrogen and oxygen atoms in total. The summed E-state index contributed by atoms with van der Waals surface area (Å²) in [6.07, 6.45) is 4.54. The van der Waals surface area contributed by atoms with E-state index in [4.69, 9.17) is 12.2 Å². The summed E-state index contributed by atoms with van der Waals surface area (Å²) in [6.45, 7) is 2.02. The SMILES string of the molecule is CC(/C=N\n1c(Cc2cccc3ccccc23)n[nH]c1=S)=C\c1ccccc1. The molecule has 0 aliphatic rings. The molecule has 0 aliphatic carbocycles. The zero-order valence-electron chi connectivity index (χ0n) is 15.5. The van der Waals surface area contributed by atoms with Crippen LogP contribution in [0.5, 0.6) is 0 Å². The number of benzene rings is 3. The van der Waals surface area contributed by atoms with Crippen molar-refractivity contribution in [2.24, 2.45) is 5.10 Å². The van der Waals surface area contributed by atoms with Crippen molar-refractivity contribution >= 4 is 35.3 Å². The van der Waals surface area contributed by atoms with Gasteiger partial charge in [0.05, 0.1) is 6.21 Å². The van der Waals surface area contributed by atoms with Crippen LogP contribution in [0, 0.1) is 4.77 Å². The molecule has 0 amide bonds. The lowest BCUT2D eigenvalue weighted by atomic mass is 10.0. The summed E-state index contributed by atoms with van der Waals surface area (Å²) in [4.78, 5) is 0. The minimum Gasteiger partial charge on any atom is -0.250 e. The van der Waals surface area contributed by atoms with Crippen LogP contribution in [0.25, 0.3) is 16.8 Å². The van der Waals surface area contributed by atoms with E-state index in [1.54, 1.807) is 4.68 Å². The highest BCUT2D eigenvalue weighted by atomic mass is 32.1. The van der Waals surface area contributed by atoms with Crippen LogP contribution in [0.1, 0.15) is 23.9 Å². The van der Waals surface area contributed by atoms with Crippen LogP contribution >= 0.6 is 12.2 Å². The Hall–Kier alpha value is -3.31. The van der Waals surface area contributed by atoms with Gasteiger partial charge in [0.25, 0.3) is 0 Å². The van der Waals surface area contributed by atoms with Crippen LogP contribution < -0.4 is 0 Å². The minimum absolute atomic E-state index is 0.485. The van der Waals surface area contributed by atoms with E-state index in [0.717, 1.165) is 17.0 Å². The first kappa shape index (κ1) is 18.1. The summed E-state index contributed by atoms with van der Waals surface area (Å²) < 4.78 is 2.18. The minimum atomic E-state index is 0.485. The second-order valence-corrected chi connectivity index (χ2v) is 7.00. The number of aromatic nitrogens is 3. The Morgan fingerprint density at radius 2 is 1.79 bits per heavy atom. The molecule has 0 spiro atoms. The number of aromatic amines is 1. The number of nitrogens with one attached hydrogen (secondary N) is 1. The van der Waals surface area contributed by atoms with Gasteiger partial charge in [0.15, 0.2) is 5.82 Å². The van der Waals surface area contributed by atoms with Crippen molar-refractivity contribution in [3.8, 4) is 0 Å². The molecular weight excluding hydrogens is 364 g/mol. The van der Waals surface area contributed by atoms with E-state index >= 15 is 0 Å². The largest absolute Gasteiger partial charge is 0.250 e. The molecular formula is C23H20N4S. The Labute approximate surface area is 168 Å². The third-order valence-electron chi connectivity index (χ3n) is 4.52. The van der Waals surface area contributed by atoms with Gasteiger partial charge < -0.3 is 0 Å². The molecule has 5 heteroatoms. The van der Waals surface area contributed by atoms with Gasteiger partial charge in [-0.05, 0) is 46.6 Å². The van der Waals surface area contributed by atoms with Crippen LogP contribution in [0.2, 0.25) is 0 Å². The van der Waals surface area contributed by atoms with Crippen molar-refractivity contribution in [2.45, 2.75) is 13.3 Å². The maximum Gasteiger partial charge on any atom is 0.216 e. The number of rotatable bonds is 5. The number of H-pyrrole nitrogens is 1. The molecule has 4 rings (SSSR count). The molecule has 0 aliphatic heterocycles. The van der Waals surface area contributed by atoms with E-state index in [1.807, 2.05) is 37.4 Å². The molecule has 0 saturated carbocycles. The van der Waals surface area contributed by atoms with Gasteiger partial charge in [-0.2, -0.15) is 14.9 Å². The molecule has 3 aromatic carbocycles. The topological polar surface area (TPSA) is 46.0 Å². The van der Waals surface area contributed by atoms with Crippen LogP contribution in [0.15, 0.2) is 83.5 Å². The number of allylic oxidation sites excluding steroid dienone is 1. The molecule has 0 radical (unpaired) electrons. The average Bonchev–Trinajstić information content (AvgIpc) is 3.07. The van der Waals surface area contributed by atoms with Crippen LogP contribution in [0.4, 0.5) is 0 Å². The Bertz CT molecular complexity index is 1210. The van der Waals surface area contributed by atoms with Crippen molar-refractivity contribution in [2.75, 3.05) is 0 Å². The summed E-state index contributed by atoms with van der Waals surface area (Å²) in [5, 5.41) is 14.2. The van der Waals surface area contributed by atoms with E-state index in [9.17, 15) is 0 Å². The number of hydrogen-bond acceptors (Lipinski definition) is 3. The summed E-state index contributed by atoms with van der Waals surface area (Å²) in [6, 6.07) is 24.8. The van der Waals surface area contributed by atoms with Crippen molar-refractivity contribution < 1.29 is 0 Å². The van der Waals surface area contributed by atoms with Gasteiger partial charge in [-0.15, -0.1) is 0 Å². The van der Waals surface area contributed by atoms with Gasteiger partial charge in [0.1, 0.15) is 0 Å². The monoisotopic (exact) mass is 384 g/mol. The zero-order chi connectivity index (χ0) is 19.3. The first-order chi connectivity index (χ1) is 13.7. The highest BCUT2D eigenvalue weighted by Crippen LogP contribution is 2.20. The molecule has 0 bridgehead atoms. The van der Waals surface area contributed by atoms with Crippen molar-refractivity contribution in [1.82, 2.24) is 14.9 Å². The molecule has 0 unspecified atom stereocenters. The van der Waals surface area contributed by atoms with Gasteiger partial charge in [0, 0.05) is 6.42 Å². The fraction of sp³-hybridized carbons (Fsp3) is 0.0870.